The molecule has 0 atom stereocenters. The number of amides is 1. The van der Waals surface area contributed by atoms with Gasteiger partial charge in [0.2, 0.25) is 5.91 Å². The summed E-state index contributed by atoms with van der Waals surface area (Å²) in [4.78, 5) is 25.4. The molecule has 0 radical (unpaired) electrons. The molecule has 1 amide bonds. The normalized spacial score (nSPS) is 11.8. The summed E-state index contributed by atoms with van der Waals surface area (Å²) in [7, 11) is 0. The maximum Gasteiger partial charge on any atom is 0.453 e. The molecule has 166 valence electrons. The number of carbonyl (C=O) groups is 1. The molecule has 1 N–H and O–H groups in total. The van der Waals surface area contributed by atoms with Crippen LogP contribution in [0.3, 0.4) is 0 Å². The number of alkyl halides is 3. The number of benzene rings is 1. The van der Waals surface area contributed by atoms with Crippen LogP contribution in [0.4, 0.5) is 18.3 Å². The lowest BCUT2D eigenvalue weighted by Gasteiger charge is -2.09. The monoisotopic (exact) mass is 460 g/mol. The number of aryl methyl sites for hydroxylation is 3. The number of nitrogens with one attached hydrogen (secondary N) is 1. The number of hydrogen-bond acceptors (Lipinski definition) is 6. The number of rotatable bonds is 5. The third-order valence-electron chi connectivity index (χ3n) is 4.94. The predicted octanol–water partition coefficient (Wildman–Crippen LogP) is 4.30. The lowest BCUT2D eigenvalue weighted by atomic mass is 10.1. The third kappa shape index (κ3) is 4.62. The quantitative estimate of drug-likeness (QED) is 0.480. The highest BCUT2D eigenvalue weighted by molar-refractivity contribution is 7.15. The van der Waals surface area contributed by atoms with Crippen LogP contribution in [0.15, 0.2) is 30.5 Å². The van der Waals surface area contributed by atoms with Gasteiger partial charge in [0.1, 0.15) is 0 Å². The first-order chi connectivity index (χ1) is 15.1. The fourth-order valence-corrected chi connectivity index (χ4v) is 4.13. The molecule has 11 heteroatoms. The number of aromatic nitrogens is 5. The molecule has 0 saturated carbocycles. The van der Waals surface area contributed by atoms with Crippen molar-refractivity contribution in [3.63, 3.8) is 0 Å². The van der Waals surface area contributed by atoms with Gasteiger partial charge in [0.05, 0.1) is 6.42 Å². The molecular weight excluding hydrogens is 441 g/mol. The number of carbonyl (C=O) groups excluding carboxylic acids is 1. The zero-order valence-corrected chi connectivity index (χ0v) is 18.3. The van der Waals surface area contributed by atoms with Gasteiger partial charge in [-0.15, -0.1) is 16.4 Å². The summed E-state index contributed by atoms with van der Waals surface area (Å²) in [6, 6.07) is 8.19. The summed E-state index contributed by atoms with van der Waals surface area (Å²) in [5.41, 5.74) is 3.62. The van der Waals surface area contributed by atoms with Crippen LogP contribution in [-0.4, -0.2) is 30.5 Å². The number of hydrogen-bond donors (Lipinski definition) is 1. The molecule has 4 aromatic rings. The Labute approximate surface area is 185 Å². The predicted molar refractivity (Wildman–Crippen MR) is 114 cm³/mol. The van der Waals surface area contributed by atoms with Crippen molar-refractivity contribution in [3.8, 4) is 0 Å². The average molecular weight is 460 g/mol. The minimum absolute atomic E-state index is 0.0747. The second kappa shape index (κ2) is 8.30. The Bertz CT molecular complexity index is 1290. The molecule has 7 nitrogen and oxygen atoms in total. The molecule has 0 aliphatic rings. The average Bonchev–Trinajstić information content (AvgIpc) is 3.34. The molecule has 0 fully saturated rings. The van der Waals surface area contributed by atoms with Gasteiger partial charge in [-0.1, -0.05) is 29.8 Å². The van der Waals surface area contributed by atoms with Crippen molar-refractivity contribution in [1.82, 2.24) is 24.6 Å². The van der Waals surface area contributed by atoms with E-state index in [0.717, 1.165) is 15.0 Å². The van der Waals surface area contributed by atoms with Crippen molar-refractivity contribution >= 4 is 28.2 Å². The van der Waals surface area contributed by atoms with E-state index in [1.54, 1.807) is 20.0 Å². The number of fused-ring (bicyclic) bond motifs is 1. The Balaban J connectivity index is 1.48. The molecule has 4 rings (SSSR count). The van der Waals surface area contributed by atoms with Crippen molar-refractivity contribution in [2.45, 2.75) is 39.8 Å². The van der Waals surface area contributed by atoms with E-state index < -0.39 is 12.0 Å². The minimum Gasteiger partial charge on any atom is -0.302 e. The molecule has 0 unspecified atom stereocenters. The van der Waals surface area contributed by atoms with Gasteiger partial charge in [-0.2, -0.15) is 18.2 Å². The van der Waals surface area contributed by atoms with E-state index in [9.17, 15) is 18.0 Å². The number of anilines is 1. The molecule has 32 heavy (non-hydrogen) atoms. The summed E-state index contributed by atoms with van der Waals surface area (Å²) in [5, 5.41) is 6.71. The highest BCUT2D eigenvalue weighted by atomic mass is 32.1. The van der Waals surface area contributed by atoms with E-state index in [1.807, 2.05) is 19.1 Å². The Morgan fingerprint density at radius 3 is 2.53 bits per heavy atom. The Morgan fingerprint density at radius 2 is 1.84 bits per heavy atom. The first kappa shape index (κ1) is 21.9. The Morgan fingerprint density at radius 1 is 1.12 bits per heavy atom. The van der Waals surface area contributed by atoms with Crippen LogP contribution in [0.5, 0.6) is 0 Å². The molecule has 0 aliphatic carbocycles. The SMILES string of the molecule is Cc1ccc(Cc2cnc(NC(=O)Cc3c(C)nc4nc(C(F)(F)F)nn4c3C)s2)cc1. The Hall–Kier alpha value is -3.34. The van der Waals surface area contributed by atoms with Crippen LogP contribution in [0.25, 0.3) is 5.78 Å². The molecule has 3 aromatic heterocycles. The third-order valence-corrected chi connectivity index (χ3v) is 5.85. The highest BCUT2D eigenvalue weighted by Crippen LogP contribution is 2.27. The van der Waals surface area contributed by atoms with E-state index in [1.165, 1.54) is 16.9 Å². The number of halogens is 3. The van der Waals surface area contributed by atoms with Gasteiger partial charge in [0, 0.05) is 34.4 Å². The maximum absolute atomic E-state index is 12.9. The minimum atomic E-state index is -4.67. The van der Waals surface area contributed by atoms with Gasteiger partial charge in [0.15, 0.2) is 5.13 Å². The zero-order chi connectivity index (χ0) is 23.0. The van der Waals surface area contributed by atoms with Gasteiger partial charge in [-0.05, 0) is 26.3 Å². The second-order valence-corrected chi connectivity index (χ2v) is 8.54. The van der Waals surface area contributed by atoms with E-state index in [0.29, 0.717) is 28.5 Å². The van der Waals surface area contributed by atoms with E-state index in [4.69, 9.17) is 0 Å². The summed E-state index contributed by atoms with van der Waals surface area (Å²) in [6.45, 7) is 5.24. The van der Waals surface area contributed by atoms with Crippen molar-refractivity contribution < 1.29 is 18.0 Å². The van der Waals surface area contributed by atoms with Crippen LogP contribution < -0.4 is 5.32 Å². The van der Waals surface area contributed by atoms with Gasteiger partial charge in [0.25, 0.3) is 11.6 Å². The number of thiazole rings is 1. The second-order valence-electron chi connectivity index (χ2n) is 7.43. The van der Waals surface area contributed by atoms with Gasteiger partial charge in [-0.3, -0.25) is 4.79 Å². The van der Waals surface area contributed by atoms with Crippen molar-refractivity contribution in [1.29, 1.82) is 0 Å². The van der Waals surface area contributed by atoms with Crippen molar-refractivity contribution in [2.75, 3.05) is 5.32 Å². The number of nitrogens with zero attached hydrogens (tertiary/aromatic N) is 5. The van der Waals surface area contributed by atoms with Gasteiger partial charge >= 0.3 is 6.18 Å². The van der Waals surface area contributed by atoms with Crippen LogP contribution in [0.1, 0.15) is 38.8 Å². The first-order valence-electron chi connectivity index (χ1n) is 9.70. The largest absolute Gasteiger partial charge is 0.453 e. The van der Waals surface area contributed by atoms with E-state index >= 15 is 0 Å². The summed E-state index contributed by atoms with van der Waals surface area (Å²) in [5.74, 6) is -1.76. The summed E-state index contributed by atoms with van der Waals surface area (Å²) >= 11 is 1.38. The fraction of sp³-hybridized carbons (Fsp3) is 0.286. The molecule has 3 heterocycles. The molecular formula is C21H19F3N6OS. The maximum atomic E-state index is 12.9. The standard InChI is InChI=1S/C21H19F3N6OS/c1-11-4-6-14(7-5-11)8-15-10-25-20(32-15)27-17(31)9-16-12(2)26-19-28-18(21(22,23)24)29-30(19)13(16)3/h4-7,10H,8-9H2,1-3H3,(H,25,27,31). The zero-order valence-electron chi connectivity index (χ0n) is 17.5. The van der Waals surface area contributed by atoms with Gasteiger partial charge < -0.3 is 5.32 Å². The van der Waals surface area contributed by atoms with Crippen LogP contribution in [0, 0.1) is 20.8 Å². The van der Waals surface area contributed by atoms with Gasteiger partial charge in [-0.25, -0.2) is 14.5 Å². The Kier molecular flexibility index (Phi) is 5.68. The van der Waals surface area contributed by atoms with Crippen LogP contribution >= 0.6 is 11.3 Å². The molecule has 0 aliphatic heterocycles. The van der Waals surface area contributed by atoms with E-state index in [-0.39, 0.29) is 18.1 Å². The smallest absolute Gasteiger partial charge is 0.302 e. The van der Waals surface area contributed by atoms with Crippen LogP contribution in [-0.2, 0) is 23.8 Å². The topological polar surface area (TPSA) is 85.1 Å². The summed E-state index contributed by atoms with van der Waals surface area (Å²) < 4.78 is 39.8. The highest BCUT2D eigenvalue weighted by Gasteiger charge is 2.37. The van der Waals surface area contributed by atoms with Crippen molar-refractivity contribution in [3.05, 3.63) is 69.2 Å². The lowest BCUT2D eigenvalue weighted by molar-refractivity contribution is -0.144. The lowest BCUT2D eigenvalue weighted by Crippen LogP contribution is -2.17. The molecule has 0 saturated heterocycles. The van der Waals surface area contributed by atoms with Crippen LogP contribution in [0.2, 0.25) is 0 Å². The molecule has 0 bridgehead atoms. The molecule has 0 spiro atoms. The van der Waals surface area contributed by atoms with Crippen molar-refractivity contribution in [2.24, 2.45) is 0 Å². The molecule has 1 aromatic carbocycles. The first-order valence-corrected chi connectivity index (χ1v) is 10.5. The summed E-state index contributed by atoms with van der Waals surface area (Å²) in [6.07, 6.45) is -2.32. The van der Waals surface area contributed by atoms with E-state index in [2.05, 4.69) is 37.5 Å². The fourth-order valence-electron chi connectivity index (χ4n) is 3.26.